The van der Waals surface area contributed by atoms with Crippen LogP contribution in [0.25, 0.3) is 0 Å². The molecule has 9 heteroatoms. The van der Waals surface area contributed by atoms with Gasteiger partial charge in [0.1, 0.15) is 6.33 Å². The molecule has 1 aromatic heterocycles. The summed E-state index contributed by atoms with van der Waals surface area (Å²) in [5.41, 5.74) is 1.37. The number of halogens is 1. The summed E-state index contributed by atoms with van der Waals surface area (Å²) in [6.45, 7) is 3.76. The standard InChI is InChI=1S/C19H19BrN4O3S/c1-13(2)28(26,27)17-9-5-15(6-10-17)18(25)22-19-21-12-24(23-19)11-14-3-7-16(20)8-4-14/h3-10,12-13H,11H2,1-2H3,(H,22,23,25). The van der Waals surface area contributed by atoms with Gasteiger partial charge < -0.3 is 0 Å². The molecular formula is C19H19BrN4O3S. The van der Waals surface area contributed by atoms with E-state index in [4.69, 9.17) is 0 Å². The van der Waals surface area contributed by atoms with Crippen LogP contribution in [0.5, 0.6) is 0 Å². The van der Waals surface area contributed by atoms with Crippen LogP contribution in [-0.2, 0) is 16.4 Å². The lowest BCUT2D eigenvalue weighted by molar-refractivity contribution is 0.102. The molecule has 0 aliphatic rings. The molecule has 0 saturated heterocycles. The average molecular weight is 463 g/mol. The van der Waals surface area contributed by atoms with Gasteiger partial charge >= 0.3 is 0 Å². The van der Waals surface area contributed by atoms with Gasteiger partial charge in [-0.25, -0.2) is 18.1 Å². The number of sulfone groups is 1. The molecule has 0 unspecified atom stereocenters. The molecule has 0 aliphatic heterocycles. The number of hydrogen-bond acceptors (Lipinski definition) is 5. The van der Waals surface area contributed by atoms with Gasteiger partial charge in [-0.15, -0.1) is 5.10 Å². The van der Waals surface area contributed by atoms with Crippen LogP contribution in [0.4, 0.5) is 5.95 Å². The Bertz CT molecular complexity index is 1080. The van der Waals surface area contributed by atoms with E-state index >= 15 is 0 Å². The third-order valence-electron chi connectivity index (χ3n) is 4.09. The molecule has 0 radical (unpaired) electrons. The number of nitrogens with zero attached hydrogens (tertiary/aromatic N) is 3. The maximum absolute atomic E-state index is 12.4. The molecule has 146 valence electrons. The topological polar surface area (TPSA) is 94.0 Å². The number of hydrogen-bond donors (Lipinski definition) is 1. The summed E-state index contributed by atoms with van der Waals surface area (Å²) in [6, 6.07) is 13.6. The zero-order valence-corrected chi connectivity index (χ0v) is 17.7. The van der Waals surface area contributed by atoms with Crippen molar-refractivity contribution in [2.75, 3.05) is 5.32 Å². The molecule has 0 atom stereocenters. The minimum absolute atomic E-state index is 0.181. The van der Waals surface area contributed by atoms with Gasteiger partial charge in [0.2, 0.25) is 5.95 Å². The van der Waals surface area contributed by atoms with E-state index < -0.39 is 21.0 Å². The average Bonchev–Trinajstić information content (AvgIpc) is 3.10. The van der Waals surface area contributed by atoms with Gasteiger partial charge in [-0.3, -0.25) is 10.1 Å². The molecule has 1 amide bonds. The van der Waals surface area contributed by atoms with Crippen molar-refractivity contribution in [2.45, 2.75) is 30.5 Å². The molecule has 0 saturated carbocycles. The number of carbonyl (C=O) groups is 1. The SMILES string of the molecule is CC(C)S(=O)(=O)c1ccc(C(=O)Nc2ncn(Cc3ccc(Br)cc3)n2)cc1. The molecule has 1 heterocycles. The molecular weight excluding hydrogens is 444 g/mol. The van der Waals surface area contributed by atoms with E-state index in [1.165, 1.54) is 30.6 Å². The summed E-state index contributed by atoms with van der Waals surface area (Å²) in [5.74, 6) is -0.226. The Morgan fingerprint density at radius 2 is 1.75 bits per heavy atom. The Hall–Kier alpha value is -2.52. The van der Waals surface area contributed by atoms with Gasteiger partial charge in [-0.1, -0.05) is 28.1 Å². The Morgan fingerprint density at radius 1 is 1.11 bits per heavy atom. The number of carbonyl (C=O) groups excluding carboxylic acids is 1. The molecule has 1 N–H and O–H groups in total. The number of benzene rings is 2. The smallest absolute Gasteiger partial charge is 0.258 e. The van der Waals surface area contributed by atoms with Crippen LogP contribution in [0, 0.1) is 0 Å². The normalized spacial score (nSPS) is 11.6. The van der Waals surface area contributed by atoms with Crippen LogP contribution in [0.1, 0.15) is 29.8 Å². The van der Waals surface area contributed by atoms with Crippen LogP contribution in [0.3, 0.4) is 0 Å². The largest absolute Gasteiger partial charge is 0.289 e. The second-order valence-corrected chi connectivity index (χ2v) is 9.88. The fourth-order valence-electron chi connectivity index (χ4n) is 2.45. The zero-order valence-electron chi connectivity index (χ0n) is 15.3. The van der Waals surface area contributed by atoms with Crippen LogP contribution < -0.4 is 5.32 Å². The van der Waals surface area contributed by atoms with Crippen molar-refractivity contribution in [1.29, 1.82) is 0 Å². The molecule has 2 aromatic carbocycles. The van der Waals surface area contributed by atoms with Gasteiger partial charge in [0, 0.05) is 10.0 Å². The minimum atomic E-state index is -3.37. The summed E-state index contributed by atoms with van der Waals surface area (Å²) < 4.78 is 26.9. The molecule has 0 fully saturated rings. The Morgan fingerprint density at radius 3 is 2.36 bits per heavy atom. The van der Waals surface area contributed by atoms with E-state index in [-0.39, 0.29) is 10.8 Å². The monoisotopic (exact) mass is 462 g/mol. The van der Waals surface area contributed by atoms with Gasteiger partial charge in [0.25, 0.3) is 5.91 Å². The quantitative estimate of drug-likeness (QED) is 0.604. The van der Waals surface area contributed by atoms with E-state index in [9.17, 15) is 13.2 Å². The van der Waals surface area contributed by atoms with Crippen molar-refractivity contribution in [3.8, 4) is 0 Å². The van der Waals surface area contributed by atoms with Crippen molar-refractivity contribution in [1.82, 2.24) is 14.8 Å². The fourth-order valence-corrected chi connectivity index (χ4v) is 3.77. The molecule has 3 rings (SSSR count). The first-order valence-corrected chi connectivity index (χ1v) is 10.9. The predicted molar refractivity (Wildman–Crippen MR) is 110 cm³/mol. The maximum atomic E-state index is 12.4. The molecule has 7 nitrogen and oxygen atoms in total. The van der Waals surface area contributed by atoms with E-state index in [0.717, 1.165) is 10.0 Å². The van der Waals surface area contributed by atoms with Crippen molar-refractivity contribution in [3.05, 3.63) is 70.5 Å². The second-order valence-electron chi connectivity index (χ2n) is 6.46. The highest BCUT2D eigenvalue weighted by atomic mass is 79.9. The highest BCUT2D eigenvalue weighted by Gasteiger charge is 2.19. The molecule has 0 bridgehead atoms. The van der Waals surface area contributed by atoms with Crippen LogP contribution in [-0.4, -0.2) is 34.3 Å². The van der Waals surface area contributed by atoms with E-state index in [1.807, 2.05) is 24.3 Å². The lowest BCUT2D eigenvalue weighted by Crippen LogP contribution is -2.16. The predicted octanol–water partition coefficient (Wildman–Crippen LogP) is 3.52. The second kappa shape index (κ2) is 8.24. The summed E-state index contributed by atoms with van der Waals surface area (Å²) in [7, 11) is -3.37. The number of rotatable bonds is 6. The van der Waals surface area contributed by atoms with Gasteiger partial charge in [-0.05, 0) is 55.8 Å². The number of aromatic nitrogens is 3. The Balaban J connectivity index is 1.66. The Kier molecular flexibility index (Phi) is 5.95. The highest BCUT2D eigenvalue weighted by Crippen LogP contribution is 2.17. The van der Waals surface area contributed by atoms with Gasteiger partial charge in [0.15, 0.2) is 9.84 Å². The molecule has 28 heavy (non-hydrogen) atoms. The summed E-state index contributed by atoms with van der Waals surface area (Å²) >= 11 is 3.39. The number of nitrogens with one attached hydrogen (secondary N) is 1. The summed E-state index contributed by atoms with van der Waals surface area (Å²) in [5, 5.41) is 6.33. The van der Waals surface area contributed by atoms with Gasteiger partial charge in [-0.2, -0.15) is 0 Å². The summed E-state index contributed by atoms with van der Waals surface area (Å²) in [4.78, 5) is 16.6. The fraction of sp³-hybridized carbons (Fsp3) is 0.211. The van der Waals surface area contributed by atoms with Crippen LogP contribution in [0.2, 0.25) is 0 Å². The van der Waals surface area contributed by atoms with Gasteiger partial charge in [0.05, 0.1) is 16.7 Å². The lowest BCUT2D eigenvalue weighted by atomic mass is 10.2. The Labute approximate surface area is 171 Å². The summed E-state index contributed by atoms with van der Waals surface area (Å²) in [6.07, 6.45) is 1.54. The number of amides is 1. The van der Waals surface area contributed by atoms with Crippen LogP contribution >= 0.6 is 15.9 Å². The minimum Gasteiger partial charge on any atom is -0.289 e. The maximum Gasteiger partial charge on any atom is 0.258 e. The van der Waals surface area contributed by atoms with Crippen molar-refractivity contribution >= 4 is 37.6 Å². The zero-order chi connectivity index (χ0) is 20.3. The third-order valence-corrected chi connectivity index (χ3v) is 6.78. The molecule has 0 aliphatic carbocycles. The lowest BCUT2D eigenvalue weighted by Gasteiger charge is -2.08. The first-order chi connectivity index (χ1) is 13.3. The highest BCUT2D eigenvalue weighted by molar-refractivity contribution is 9.10. The van der Waals surface area contributed by atoms with Crippen molar-refractivity contribution in [3.63, 3.8) is 0 Å². The van der Waals surface area contributed by atoms with Crippen LogP contribution in [0.15, 0.2) is 64.2 Å². The first kappa shape index (κ1) is 20.2. The first-order valence-electron chi connectivity index (χ1n) is 8.55. The third kappa shape index (κ3) is 4.66. The van der Waals surface area contributed by atoms with E-state index in [0.29, 0.717) is 12.1 Å². The van der Waals surface area contributed by atoms with E-state index in [2.05, 4.69) is 31.3 Å². The van der Waals surface area contributed by atoms with Crippen molar-refractivity contribution in [2.24, 2.45) is 0 Å². The van der Waals surface area contributed by atoms with E-state index in [1.54, 1.807) is 18.5 Å². The molecule has 0 spiro atoms. The molecule has 3 aromatic rings. The van der Waals surface area contributed by atoms with Crippen molar-refractivity contribution < 1.29 is 13.2 Å². The number of anilines is 1.